The van der Waals surface area contributed by atoms with Crippen molar-refractivity contribution >= 4 is 30.6 Å². The number of rotatable bonds is 4. The van der Waals surface area contributed by atoms with E-state index in [1.807, 2.05) is 0 Å². The molecule has 5 heteroatoms. The van der Waals surface area contributed by atoms with E-state index < -0.39 is 0 Å². The number of hydrogen-bond acceptors (Lipinski definition) is 3. The molecule has 0 saturated heterocycles. The molecule has 0 unspecified atom stereocenters. The number of hydrogen-bond donors (Lipinski definition) is 1. The molecule has 0 saturated carbocycles. The van der Waals surface area contributed by atoms with Gasteiger partial charge in [0.15, 0.2) is 5.78 Å². The summed E-state index contributed by atoms with van der Waals surface area (Å²) in [5.74, 6) is 0.853. The van der Waals surface area contributed by atoms with Crippen molar-refractivity contribution in [2.45, 2.75) is 0 Å². The van der Waals surface area contributed by atoms with Crippen LogP contribution in [-0.4, -0.2) is 26.5 Å². The van der Waals surface area contributed by atoms with Gasteiger partial charge in [0.1, 0.15) is 5.75 Å². The molecule has 0 aliphatic carbocycles. The van der Waals surface area contributed by atoms with Crippen molar-refractivity contribution in [1.29, 1.82) is 0 Å². The van der Waals surface area contributed by atoms with E-state index in [0.717, 1.165) is 5.75 Å². The lowest BCUT2D eigenvalue weighted by Crippen LogP contribution is -2.18. The molecule has 1 aromatic carbocycles. The van der Waals surface area contributed by atoms with Gasteiger partial charge in [0.25, 0.3) is 0 Å². The van der Waals surface area contributed by atoms with E-state index in [1.165, 1.54) is 0 Å². The van der Waals surface area contributed by atoms with Crippen LogP contribution in [0.4, 0.5) is 0 Å². The van der Waals surface area contributed by atoms with Gasteiger partial charge < -0.3 is 10.1 Å². The molecule has 0 aromatic heterocycles. The predicted molar refractivity (Wildman–Crippen MR) is 65.7 cm³/mol. The van der Waals surface area contributed by atoms with E-state index in [0.29, 0.717) is 12.1 Å². The number of halogens is 2. The second-order valence-electron chi connectivity index (χ2n) is 2.68. The first kappa shape index (κ1) is 16.7. The van der Waals surface area contributed by atoms with Crippen LogP contribution in [0.5, 0.6) is 5.75 Å². The van der Waals surface area contributed by atoms with E-state index in [4.69, 9.17) is 4.74 Å². The lowest BCUT2D eigenvalue weighted by molar-refractivity contribution is 0.0993. The number of carbonyl (C=O) groups excluding carboxylic acids is 1. The predicted octanol–water partition coefficient (Wildman–Crippen LogP) is 1.94. The summed E-state index contributed by atoms with van der Waals surface area (Å²) in [5, 5.41) is 2.81. The molecule has 1 aromatic rings. The van der Waals surface area contributed by atoms with Gasteiger partial charge in [-0.3, -0.25) is 4.79 Å². The first-order valence-electron chi connectivity index (χ1n) is 4.09. The lowest BCUT2D eigenvalue weighted by atomic mass is 10.1. The van der Waals surface area contributed by atoms with Gasteiger partial charge >= 0.3 is 0 Å². The summed E-state index contributed by atoms with van der Waals surface area (Å²) in [6.45, 7) is 0.367. The van der Waals surface area contributed by atoms with E-state index in [-0.39, 0.29) is 30.6 Å². The Kier molecular flexibility index (Phi) is 9.47. The molecule has 3 nitrogen and oxygen atoms in total. The van der Waals surface area contributed by atoms with Crippen molar-refractivity contribution < 1.29 is 9.53 Å². The van der Waals surface area contributed by atoms with Crippen LogP contribution < -0.4 is 10.1 Å². The summed E-state index contributed by atoms with van der Waals surface area (Å²) in [6, 6.07) is 7.09. The molecular weight excluding hydrogens is 237 g/mol. The maximum Gasteiger partial charge on any atom is 0.176 e. The van der Waals surface area contributed by atoms with E-state index in [1.54, 1.807) is 38.4 Å². The standard InChI is InChI=1S/C10H13NO2.2ClH/c1-11-7-10(12)8-3-5-9(13-2)6-4-8;;/h3-6,11H,7H2,1-2H3;2*1H. The SMILES string of the molecule is CNCC(=O)c1ccc(OC)cc1.Cl.Cl. The number of carbonyl (C=O) groups is 1. The molecule has 0 radical (unpaired) electrons. The van der Waals surface area contributed by atoms with Gasteiger partial charge in [-0.1, -0.05) is 0 Å². The molecule has 0 atom stereocenters. The van der Waals surface area contributed by atoms with Crippen molar-refractivity contribution in [1.82, 2.24) is 5.32 Å². The molecule has 0 bridgehead atoms. The zero-order valence-corrected chi connectivity index (χ0v) is 10.3. The van der Waals surface area contributed by atoms with E-state index >= 15 is 0 Å². The topological polar surface area (TPSA) is 38.3 Å². The van der Waals surface area contributed by atoms with Crippen molar-refractivity contribution in [3.63, 3.8) is 0 Å². The Hall–Kier alpha value is -0.770. The van der Waals surface area contributed by atoms with Crippen LogP contribution in [0.15, 0.2) is 24.3 Å². The number of likely N-dealkylation sites (N-methyl/N-ethyl adjacent to an activating group) is 1. The maximum atomic E-state index is 11.3. The molecular formula is C10H15Cl2NO2. The highest BCUT2D eigenvalue weighted by Crippen LogP contribution is 2.11. The molecule has 1 rings (SSSR count). The Morgan fingerprint density at radius 1 is 1.27 bits per heavy atom. The third kappa shape index (κ3) is 5.02. The Labute approximate surface area is 102 Å². The van der Waals surface area contributed by atoms with Crippen molar-refractivity contribution in [3.05, 3.63) is 29.8 Å². The first-order chi connectivity index (χ1) is 6.27. The number of ether oxygens (including phenoxy) is 1. The van der Waals surface area contributed by atoms with Crippen molar-refractivity contribution in [3.8, 4) is 5.75 Å². The van der Waals surface area contributed by atoms with Crippen LogP contribution in [0.3, 0.4) is 0 Å². The van der Waals surface area contributed by atoms with Crippen LogP contribution in [0.1, 0.15) is 10.4 Å². The highest BCUT2D eigenvalue weighted by molar-refractivity contribution is 5.97. The highest BCUT2D eigenvalue weighted by atomic mass is 35.5. The smallest absolute Gasteiger partial charge is 0.176 e. The molecule has 0 amide bonds. The minimum Gasteiger partial charge on any atom is -0.497 e. The average molecular weight is 252 g/mol. The van der Waals surface area contributed by atoms with Crippen LogP contribution in [0, 0.1) is 0 Å². The van der Waals surface area contributed by atoms with Crippen LogP contribution >= 0.6 is 24.8 Å². The molecule has 1 N–H and O–H groups in total. The number of methoxy groups -OCH3 is 1. The Morgan fingerprint density at radius 3 is 2.20 bits per heavy atom. The number of Topliss-reactive ketones (excluding diaryl/α,β-unsaturated/α-hetero) is 1. The van der Waals surface area contributed by atoms with Crippen LogP contribution in [0.25, 0.3) is 0 Å². The Morgan fingerprint density at radius 2 is 1.80 bits per heavy atom. The van der Waals surface area contributed by atoms with Crippen molar-refractivity contribution in [2.75, 3.05) is 20.7 Å². The number of benzene rings is 1. The lowest BCUT2D eigenvalue weighted by Gasteiger charge is -2.01. The third-order valence-corrected chi connectivity index (χ3v) is 1.75. The Balaban J connectivity index is 0. The third-order valence-electron chi connectivity index (χ3n) is 1.75. The normalized spacial score (nSPS) is 8.40. The summed E-state index contributed by atoms with van der Waals surface area (Å²) in [5.41, 5.74) is 0.704. The average Bonchev–Trinajstić information content (AvgIpc) is 2.18. The van der Waals surface area contributed by atoms with Gasteiger partial charge in [-0.05, 0) is 31.3 Å². The molecule has 0 spiro atoms. The minimum absolute atomic E-state index is 0. The monoisotopic (exact) mass is 251 g/mol. The Bertz CT molecular complexity index is 288. The zero-order chi connectivity index (χ0) is 9.68. The fourth-order valence-corrected chi connectivity index (χ4v) is 1.04. The van der Waals surface area contributed by atoms with Gasteiger partial charge in [-0.2, -0.15) is 0 Å². The van der Waals surface area contributed by atoms with Crippen LogP contribution in [0.2, 0.25) is 0 Å². The first-order valence-corrected chi connectivity index (χ1v) is 4.09. The van der Waals surface area contributed by atoms with Gasteiger partial charge in [-0.15, -0.1) is 24.8 Å². The summed E-state index contributed by atoms with van der Waals surface area (Å²) < 4.78 is 4.98. The zero-order valence-electron chi connectivity index (χ0n) is 8.65. The largest absolute Gasteiger partial charge is 0.497 e. The quantitative estimate of drug-likeness (QED) is 0.832. The summed E-state index contributed by atoms with van der Waals surface area (Å²) in [7, 11) is 3.35. The molecule has 0 fully saturated rings. The number of nitrogens with one attached hydrogen (secondary N) is 1. The number of ketones is 1. The second kappa shape index (κ2) is 8.53. The van der Waals surface area contributed by atoms with Gasteiger partial charge in [0, 0.05) is 5.56 Å². The van der Waals surface area contributed by atoms with Crippen LogP contribution in [-0.2, 0) is 0 Å². The summed E-state index contributed by atoms with van der Waals surface area (Å²) >= 11 is 0. The van der Waals surface area contributed by atoms with E-state index in [2.05, 4.69) is 5.32 Å². The molecule has 15 heavy (non-hydrogen) atoms. The minimum atomic E-state index is 0. The summed E-state index contributed by atoms with van der Waals surface area (Å²) in [6.07, 6.45) is 0. The van der Waals surface area contributed by atoms with E-state index in [9.17, 15) is 4.79 Å². The summed E-state index contributed by atoms with van der Waals surface area (Å²) in [4.78, 5) is 11.3. The second-order valence-corrected chi connectivity index (χ2v) is 2.68. The fourth-order valence-electron chi connectivity index (χ4n) is 1.04. The van der Waals surface area contributed by atoms with Crippen molar-refractivity contribution in [2.24, 2.45) is 0 Å². The van der Waals surface area contributed by atoms with Gasteiger partial charge in [-0.25, -0.2) is 0 Å². The fraction of sp³-hybridized carbons (Fsp3) is 0.300. The van der Waals surface area contributed by atoms with Gasteiger partial charge in [0.2, 0.25) is 0 Å². The van der Waals surface area contributed by atoms with Gasteiger partial charge in [0.05, 0.1) is 13.7 Å². The molecule has 0 heterocycles. The molecule has 0 aliphatic heterocycles. The molecule has 86 valence electrons. The highest BCUT2D eigenvalue weighted by Gasteiger charge is 2.03. The maximum absolute atomic E-state index is 11.3. The molecule has 0 aliphatic rings.